The summed E-state index contributed by atoms with van der Waals surface area (Å²) in [6, 6.07) is 5.42. The van der Waals surface area contributed by atoms with E-state index in [0.29, 0.717) is 30.0 Å². The van der Waals surface area contributed by atoms with Gasteiger partial charge in [-0.25, -0.2) is 18.1 Å². The van der Waals surface area contributed by atoms with Crippen molar-refractivity contribution in [1.29, 1.82) is 0 Å². The Morgan fingerprint density at radius 2 is 2.14 bits per heavy atom. The number of sulfone groups is 1. The average molecular weight is 306 g/mol. The maximum atomic E-state index is 12.3. The summed E-state index contributed by atoms with van der Waals surface area (Å²) in [5.41, 5.74) is 1.12. The Morgan fingerprint density at radius 1 is 1.33 bits per heavy atom. The molecular weight excluding hydrogens is 292 g/mol. The molecule has 0 aliphatic carbocycles. The number of fused-ring (bicyclic) bond motifs is 1. The Labute approximate surface area is 122 Å². The van der Waals surface area contributed by atoms with Crippen LogP contribution >= 0.6 is 0 Å². The van der Waals surface area contributed by atoms with Crippen LogP contribution in [-0.2, 0) is 16.3 Å². The number of aromatic nitrogens is 3. The number of carbonyl (C=O) groups is 1. The van der Waals surface area contributed by atoms with Crippen molar-refractivity contribution in [2.75, 3.05) is 18.7 Å². The quantitative estimate of drug-likeness (QED) is 0.812. The van der Waals surface area contributed by atoms with Crippen LogP contribution in [0.2, 0.25) is 0 Å². The van der Waals surface area contributed by atoms with E-state index in [-0.39, 0.29) is 11.8 Å². The van der Waals surface area contributed by atoms with Gasteiger partial charge < -0.3 is 4.90 Å². The molecule has 2 aromatic rings. The first-order chi connectivity index (χ1) is 9.94. The number of hydrogen-bond acceptors (Lipinski definition) is 5. The SMILES string of the molecule is CS(=O)(=O)CN1CCc2nn(-c3ccccn3)cc2C1=O. The highest BCUT2D eigenvalue weighted by Gasteiger charge is 2.29. The van der Waals surface area contributed by atoms with E-state index < -0.39 is 9.84 Å². The number of rotatable bonds is 3. The zero-order valence-corrected chi connectivity index (χ0v) is 12.2. The lowest BCUT2D eigenvalue weighted by Crippen LogP contribution is -2.40. The van der Waals surface area contributed by atoms with Crippen molar-refractivity contribution in [2.45, 2.75) is 6.42 Å². The highest BCUT2D eigenvalue weighted by molar-refractivity contribution is 7.90. The zero-order valence-electron chi connectivity index (χ0n) is 11.4. The van der Waals surface area contributed by atoms with Gasteiger partial charge in [0.05, 0.1) is 11.3 Å². The standard InChI is InChI=1S/C13H14N4O3S/c1-21(19,20)9-16-7-5-11-10(13(16)18)8-17(15-11)12-4-2-3-6-14-12/h2-4,6,8H,5,7,9H2,1H3. The normalized spacial score (nSPS) is 15.1. The van der Waals surface area contributed by atoms with Crippen molar-refractivity contribution in [3.8, 4) is 5.82 Å². The predicted octanol–water partition coefficient (Wildman–Crippen LogP) is 0.268. The maximum Gasteiger partial charge on any atom is 0.258 e. The first kappa shape index (κ1) is 13.7. The van der Waals surface area contributed by atoms with Crippen LogP contribution in [0.25, 0.3) is 5.82 Å². The third-order valence-electron chi connectivity index (χ3n) is 3.20. The first-order valence-electron chi connectivity index (χ1n) is 6.41. The lowest BCUT2D eigenvalue weighted by atomic mass is 10.1. The van der Waals surface area contributed by atoms with Crippen molar-refractivity contribution < 1.29 is 13.2 Å². The fourth-order valence-electron chi connectivity index (χ4n) is 2.30. The van der Waals surface area contributed by atoms with Gasteiger partial charge in [-0.15, -0.1) is 0 Å². The maximum absolute atomic E-state index is 12.3. The number of nitrogens with zero attached hydrogens (tertiary/aromatic N) is 4. The second-order valence-corrected chi connectivity index (χ2v) is 7.11. The molecule has 1 aliphatic heterocycles. The molecule has 110 valence electrons. The number of hydrogen-bond donors (Lipinski definition) is 0. The minimum absolute atomic E-state index is 0.264. The van der Waals surface area contributed by atoms with Gasteiger partial charge in [0.15, 0.2) is 15.7 Å². The summed E-state index contributed by atoms with van der Waals surface area (Å²) >= 11 is 0. The number of amides is 1. The molecule has 0 aromatic carbocycles. The molecule has 3 heterocycles. The summed E-state index contributed by atoms with van der Waals surface area (Å²) in [5, 5.41) is 4.36. The van der Waals surface area contributed by atoms with Gasteiger partial charge in [0.25, 0.3) is 5.91 Å². The molecule has 2 aromatic heterocycles. The lowest BCUT2D eigenvalue weighted by molar-refractivity contribution is 0.0768. The van der Waals surface area contributed by atoms with Gasteiger partial charge in [0.1, 0.15) is 5.88 Å². The third-order valence-corrected chi connectivity index (χ3v) is 3.98. The third kappa shape index (κ3) is 2.80. The second-order valence-electron chi connectivity index (χ2n) is 5.00. The molecule has 7 nitrogen and oxygen atoms in total. The second kappa shape index (κ2) is 4.96. The molecule has 21 heavy (non-hydrogen) atoms. The van der Waals surface area contributed by atoms with Crippen LogP contribution in [0.3, 0.4) is 0 Å². The fourth-order valence-corrected chi connectivity index (χ4v) is 3.11. The van der Waals surface area contributed by atoms with Crippen LogP contribution in [0, 0.1) is 0 Å². The zero-order chi connectivity index (χ0) is 15.0. The van der Waals surface area contributed by atoms with E-state index in [1.54, 1.807) is 29.2 Å². The van der Waals surface area contributed by atoms with E-state index in [1.165, 1.54) is 4.90 Å². The van der Waals surface area contributed by atoms with E-state index in [9.17, 15) is 13.2 Å². The topological polar surface area (TPSA) is 85.2 Å². The van der Waals surface area contributed by atoms with Crippen LogP contribution in [0.4, 0.5) is 0 Å². The Morgan fingerprint density at radius 3 is 2.81 bits per heavy atom. The van der Waals surface area contributed by atoms with Crippen molar-refractivity contribution in [3.05, 3.63) is 41.9 Å². The van der Waals surface area contributed by atoms with E-state index in [2.05, 4.69) is 10.1 Å². The fraction of sp³-hybridized carbons (Fsp3) is 0.308. The number of pyridine rings is 1. The predicted molar refractivity (Wildman–Crippen MR) is 75.8 cm³/mol. The Kier molecular flexibility index (Phi) is 3.25. The largest absolute Gasteiger partial charge is 0.324 e. The van der Waals surface area contributed by atoms with Gasteiger partial charge in [0.2, 0.25) is 0 Å². The summed E-state index contributed by atoms with van der Waals surface area (Å²) < 4.78 is 24.3. The van der Waals surface area contributed by atoms with E-state index in [0.717, 1.165) is 6.26 Å². The molecule has 0 spiro atoms. The van der Waals surface area contributed by atoms with Crippen molar-refractivity contribution in [1.82, 2.24) is 19.7 Å². The summed E-state index contributed by atoms with van der Waals surface area (Å²) in [6.45, 7) is 0.359. The van der Waals surface area contributed by atoms with Gasteiger partial charge in [-0.2, -0.15) is 5.10 Å². The highest BCUT2D eigenvalue weighted by Crippen LogP contribution is 2.19. The van der Waals surface area contributed by atoms with E-state index in [1.807, 2.05) is 6.07 Å². The molecule has 0 bridgehead atoms. The van der Waals surface area contributed by atoms with Crippen molar-refractivity contribution in [3.63, 3.8) is 0 Å². The van der Waals surface area contributed by atoms with Gasteiger partial charge in [0, 0.05) is 31.6 Å². The molecule has 0 radical (unpaired) electrons. The lowest BCUT2D eigenvalue weighted by Gasteiger charge is -2.24. The summed E-state index contributed by atoms with van der Waals surface area (Å²) in [6.07, 6.45) is 4.91. The van der Waals surface area contributed by atoms with Crippen LogP contribution < -0.4 is 0 Å². The van der Waals surface area contributed by atoms with Crippen LogP contribution in [0.15, 0.2) is 30.6 Å². The van der Waals surface area contributed by atoms with E-state index >= 15 is 0 Å². The summed E-state index contributed by atoms with van der Waals surface area (Å²) in [7, 11) is -3.24. The van der Waals surface area contributed by atoms with Gasteiger partial charge in [-0.1, -0.05) is 6.07 Å². The molecule has 0 fully saturated rings. The number of carbonyl (C=O) groups excluding carboxylic acids is 1. The van der Waals surface area contributed by atoms with Gasteiger partial charge in [-0.05, 0) is 12.1 Å². The Balaban J connectivity index is 1.93. The minimum atomic E-state index is -3.24. The molecule has 3 rings (SSSR count). The Bertz CT molecular complexity index is 783. The van der Waals surface area contributed by atoms with Crippen LogP contribution in [-0.4, -0.2) is 52.7 Å². The summed E-state index contributed by atoms with van der Waals surface area (Å²) in [4.78, 5) is 17.8. The van der Waals surface area contributed by atoms with Crippen LogP contribution in [0.1, 0.15) is 16.1 Å². The molecular formula is C13H14N4O3S. The molecule has 0 unspecified atom stereocenters. The molecule has 1 amide bonds. The molecule has 1 aliphatic rings. The average Bonchev–Trinajstić information content (AvgIpc) is 2.87. The van der Waals surface area contributed by atoms with Crippen molar-refractivity contribution >= 4 is 15.7 Å². The molecule has 8 heteroatoms. The monoisotopic (exact) mass is 306 g/mol. The molecule has 0 saturated carbocycles. The molecule has 0 N–H and O–H groups in total. The van der Waals surface area contributed by atoms with Gasteiger partial charge in [-0.3, -0.25) is 4.79 Å². The Hall–Kier alpha value is -2.22. The first-order valence-corrected chi connectivity index (χ1v) is 8.47. The van der Waals surface area contributed by atoms with Gasteiger partial charge >= 0.3 is 0 Å². The highest BCUT2D eigenvalue weighted by atomic mass is 32.2. The smallest absolute Gasteiger partial charge is 0.258 e. The molecule has 0 saturated heterocycles. The van der Waals surface area contributed by atoms with Crippen LogP contribution in [0.5, 0.6) is 0 Å². The summed E-state index contributed by atoms with van der Waals surface area (Å²) in [5.74, 6) is 0.0539. The molecule has 0 atom stereocenters. The minimum Gasteiger partial charge on any atom is -0.324 e. The van der Waals surface area contributed by atoms with E-state index in [4.69, 9.17) is 0 Å². The van der Waals surface area contributed by atoms with Crippen molar-refractivity contribution in [2.24, 2.45) is 0 Å².